The van der Waals surface area contributed by atoms with Gasteiger partial charge in [-0.3, -0.25) is 0 Å². The molecule has 0 aromatic heterocycles. The highest BCUT2D eigenvalue weighted by Gasteiger charge is 2.29. The van der Waals surface area contributed by atoms with Crippen molar-refractivity contribution in [1.29, 1.82) is 0 Å². The number of nitrogens with zero attached hydrogens (tertiary/aromatic N) is 2. The van der Waals surface area contributed by atoms with Gasteiger partial charge in [-0.05, 0) is 101 Å². The molecule has 7 rings (SSSR count). The summed E-state index contributed by atoms with van der Waals surface area (Å²) in [4.78, 5) is 5.07. The van der Waals surface area contributed by atoms with E-state index in [-0.39, 0.29) is 0 Å². The molecule has 2 heteroatoms. The lowest BCUT2D eigenvalue weighted by atomic mass is 9.71. The van der Waals surface area contributed by atoms with Gasteiger partial charge in [0.2, 0.25) is 0 Å². The highest BCUT2D eigenvalue weighted by atomic mass is 15.1. The van der Waals surface area contributed by atoms with E-state index in [1.807, 2.05) is 0 Å². The number of anilines is 2. The third-order valence-corrected chi connectivity index (χ3v) is 10.9. The number of rotatable bonds is 13. The maximum Gasteiger partial charge on any atom is 0.0433 e. The molecule has 0 heterocycles. The van der Waals surface area contributed by atoms with Crippen molar-refractivity contribution in [3.8, 4) is 0 Å². The Hall–Kier alpha value is -5.08. The molecule has 0 spiro atoms. The zero-order chi connectivity index (χ0) is 34.8. The second kappa shape index (κ2) is 16.8. The van der Waals surface area contributed by atoms with Crippen LogP contribution in [0.2, 0.25) is 0 Å². The molecule has 1 saturated carbocycles. The second-order valence-corrected chi connectivity index (χ2v) is 14.6. The average Bonchev–Trinajstić information content (AvgIpc) is 3.18. The largest absolute Gasteiger partial charge is 0.363 e. The van der Waals surface area contributed by atoms with Crippen LogP contribution in [-0.2, 0) is 26.2 Å². The lowest BCUT2D eigenvalue weighted by molar-refractivity contribution is 0.326. The van der Waals surface area contributed by atoms with Crippen LogP contribution in [0.15, 0.2) is 158 Å². The molecule has 0 unspecified atom stereocenters. The average molecular weight is 669 g/mol. The van der Waals surface area contributed by atoms with Gasteiger partial charge in [0, 0.05) is 43.5 Å². The first-order chi connectivity index (χ1) is 25.1. The van der Waals surface area contributed by atoms with Crippen molar-refractivity contribution in [3.05, 3.63) is 202 Å². The molecule has 0 saturated heterocycles. The van der Waals surface area contributed by atoms with Gasteiger partial charge < -0.3 is 9.80 Å². The summed E-state index contributed by atoms with van der Waals surface area (Å²) in [6.07, 6.45) is 6.63. The molecule has 0 radical (unpaired) electrons. The van der Waals surface area contributed by atoms with Gasteiger partial charge in [-0.25, -0.2) is 0 Å². The van der Waals surface area contributed by atoms with Crippen LogP contribution in [0.4, 0.5) is 11.4 Å². The van der Waals surface area contributed by atoms with Gasteiger partial charge in [0.05, 0.1) is 0 Å². The van der Waals surface area contributed by atoms with Crippen LogP contribution in [0.3, 0.4) is 0 Å². The van der Waals surface area contributed by atoms with Gasteiger partial charge in [-0.2, -0.15) is 0 Å². The molecule has 0 bridgehead atoms. The zero-order valence-corrected chi connectivity index (χ0v) is 30.4. The molecule has 6 aromatic rings. The Bertz CT molecular complexity index is 1730. The van der Waals surface area contributed by atoms with Crippen LogP contribution in [0.5, 0.6) is 0 Å². The number of hydrogen-bond acceptors (Lipinski definition) is 2. The van der Waals surface area contributed by atoms with Gasteiger partial charge in [-0.15, -0.1) is 0 Å². The van der Waals surface area contributed by atoms with Gasteiger partial charge in [0.1, 0.15) is 0 Å². The normalized spacial score (nSPS) is 13.3. The fraction of sp³-hybridized carbons (Fsp3) is 0.265. The second-order valence-electron chi connectivity index (χ2n) is 14.6. The minimum atomic E-state index is 0.391. The van der Waals surface area contributed by atoms with Gasteiger partial charge in [0.15, 0.2) is 0 Å². The van der Waals surface area contributed by atoms with Crippen molar-refractivity contribution < 1.29 is 0 Å². The predicted octanol–water partition coefficient (Wildman–Crippen LogP) is 12.4. The quantitative estimate of drug-likeness (QED) is 0.121. The topological polar surface area (TPSA) is 6.48 Å². The third-order valence-electron chi connectivity index (χ3n) is 10.9. The van der Waals surface area contributed by atoms with Crippen molar-refractivity contribution in [3.63, 3.8) is 0 Å². The van der Waals surface area contributed by atoms with Crippen LogP contribution in [0, 0.1) is 19.8 Å². The van der Waals surface area contributed by atoms with Crippen molar-refractivity contribution in [1.82, 2.24) is 0 Å². The summed E-state index contributed by atoms with van der Waals surface area (Å²) >= 11 is 0. The van der Waals surface area contributed by atoms with E-state index in [0.29, 0.717) is 11.8 Å². The van der Waals surface area contributed by atoms with Crippen molar-refractivity contribution in [2.24, 2.45) is 5.92 Å². The molecule has 1 aliphatic carbocycles. The van der Waals surface area contributed by atoms with Crippen molar-refractivity contribution >= 4 is 11.4 Å². The Morgan fingerprint density at radius 1 is 0.431 bits per heavy atom. The van der Waals surface area contributed by atoms with Crippen molar-refractivity contribution in [2.45, 2.75) is 78.0 Å². The smallest absolute Gasteiger partial charge is 0.0433 e. The predicted molar refractivity (Wildman–Crippen MR) is 216 cm³/mol. The minimum Gasteiger partial charge on any atom is -0.363 e. The van der Waals surface area contributed by atoms with E-state index < -0.39 is 0 Å². The summed E-state index contributed by atoms with van der Waals surface area (Å²) in [7, 11) is 0. The Morgan fingerprint density at radius 3 is 1.08 bits per heavy atom. The van der Waals surface area contributed by atoms with Gasteiger partial charge >= 0.3 is 0 Å². The SMILES string of the molecule is Cc1cc(N(Cc2ccccc2)Cc2ccccc2)ccc1C(c1ccc(N(Cc2ccccc2)Cc2ccccc2)cc1C)C1CCCCC1. The van der Waals surface area contributed by atoms with Crippen LogP contribution in [0.25, 0.3) is 0 Å². The molecular weight excluding hydrogens is 617 g/mol. The maximum absolute atomic E-state index is 2.53. The number of benzene rings is 6. The molecule has 0 amide bonds. The van der Waals surface area contributed by atoms with E-state index in [9.17, 15) is 0 Å². The van der Waals surface area contributed by atoms with E-state index in [4.69, 9.17) is 0 Å². The lowest BCUT2D eigenvalue weighted by Crippen LogP contribution is -2.24. The Balaban J connectivity index is 1.22. The molecule has 1 fully saturated rings. The highest BCUT2D eigenvalue weighted by Crippen LogP contribution is 2.44. The molecule has 2 nitrogen and oxygen atoms in total. The maximum atomic E-state index is 2.53. The summed E-state index contributed by atoms with van der Waals surface area (Å²) in [5.41, 5.74) is 13.7. The standard InChI is InChI=1S/C49H52N2/c1-38-32-45(50(34-40-18-8-3-9-19-40)35-41-20-10-4-11-21-41)28-30-47(38)49(44-26-16-7-17-27-44)48-31-29-46(33-39(48)2)51(36-42-22-12-5-13-23-42)37-43-24-14-6-15-25-43/h3-6,8-15,18-25,28-33,44,49H,7,16-17,26-27,34-37H2,1-2H3. The molecule has 0 atom stereocenters. The Kier molecular flexibility index (Phi) is 11.3. The third kappa shape index (κ3) is 8.81. The first-order valence-electron chi connectivity index (χ1n) is 19.0. The molecule has 51 heavy (non-hydrogen) atoms. The van der Waals surface area contributed by atoms with E-state index in [2.05, 4.69) is 181 Å². The fourth-order valence-electron chi connectivity index (χ4n) is 8.25. The van der Waals surface area contributed by atoms with Crippen LogP contribution in [-0.4, -0.2) is 0 Å². The first-order valence-corrected chi connectivity index (χ1v) is 19.0. The monoisotopic (exact) mass is 668 g/mol. The van der Waals surface area contributed by atoms with Gasteiger partial charge in [-0.1, -0.05) is 153 Å². The molecule has 1 aliphatic rings. The molecular formula is C49H52N2. The molecule has 258 valence electrons. The summed E-state index contributed by atoms with van der Waals surface area (Å²) in [5.74, 6) is 1.05. The summed E-state index contributed by atoms with van der Waals surface area (Å²) in [5, 5.41) is 0. The molecule has 0 N–H and O–H groups in total. The first kappa shape index (κ1) is 34.4. The highest BCUT2D eigenvalue weighted by molar-refractivity contribution is 5.57. The van der Waals surface area contributed by atoms with E-state index in [1.54, 1.807) is 0 Å². The van der Waals surface area contributed by atoms with Gasteiger partial charge in [0.25, 0.3) is 0 Å². The summed E-state index contributed by atoms with van der Waals surface area (Å²) in [6.45, 7) is 8.21. The van der Waals surface area contributed by atoms with E-state index >= 15 is 0 Å². The lowest BCUT2D eigenvalue weighted by Gasteiger charge is -2.34. The number of hydrogen-bond donors (Lipinski definition) is 0. The number of aryl methyl sites for hydroxylation is 2. The Morgan fingerprint density at radius 2 is 0.765 bits per heavy atom. The van der Waals surface area contributed by atoms with E-state index in [0.717, 1.165) is 26.2 Å². The van der Waals surface area contributed by atoms with Crippen LogP contribution >= 0.6 is 0 Å². The zero-order valence-electron chi connectivity index (χ0n) is 30.4. The summed E-state index contributed by atoms with van der Waals surface area (Å²) in [6, 6.07) is 58.2. The fourth-order valence-corrected chi connectivity index (χ4v) is 8.25. The molecule has 6 aromatic carbocycles. The summed E-state index contributed by atoms with van der Waals surface area (Å²) < 4.78 is 0. The molecule has 0 aliphatic heterocycles. The van der Waals surface area contributed by atoms with Crippen LogP contribution < -0.4 is 9.80 Å². The minimum absolute atomic E-state index is 0.391. The Labute approximate surface area is 306 Å². The van der Waals surface area contributed by atoms with Crippen LogP contribution in [0.1, 0.15) is 82.5 Å². The van der Waals surface area contributed by atoms with E-state index in [1.165, 1.54) is 88.0 Å². The van der Waals surface area contributed by atoms with Crippen molar-refractivity contribution in [2.75, 3.05) is 9.80 Å².